The topological polar surface area (TPSA) is 78.4 Å². The van der Waals surface area contributed by atoms with Crippen LogP contribution in [-0.2, 0) is 4.79 Å². The normalized spacial score (nSPS) is 11.0. The summed E-state index contributed by atoms with van der Waals surface area (Å²) in [4.78, 5) is 25.1. The Bertz CT molecular complexity index is 935. The molecular formula is C20H16N2O3S. The number of benzene rings is 2. The van der Waals surface area contributed by atoms with Gasteiger partial charge >= 0.3 is 0 Å². The van der Waals surface area contributed by atoms with Crippen molar-refractivity contribution >= 4 is 34.9 Å². The highest BCUT2D eigenvalue weighted by Gasteiger charge is 2.16. The molecule has 3 N–H and O–H groups in total. The summed E-state index contributed by atoms with van der Waals surface area (Å²) in [6.07, 6.45) is 1.59. The molecule has 0 bridgehead atoms. The van der Waals surface area contributed by atoms with Gasteiger partial charge in [-0.2, -0.15) is 11.3 Å². The number of rotatable bonds is 5. The van der Waals surface area contributed by atoms with Crippen LogP contribution in [-0.4, -0.2) is 16.9 Å². The first kappa shape index (κ1) is 17.4. The summed E-state index contributed by atoms with van der Waals surface area (Å²) in [6.45, 7) is 0. The van der Waals surface area contributed by atoms with Gasteiger partial charge in [-0.1, -0.05) is 30.3 Å². The minimum absolute atomic E-state index is 0.0508. The van der Waals surface area contributed by atoms with Crippen LogP contribution in [0.5, 0.6) is 5.75 Å². The molecule has 0 unspecified atom stereocenters. The quantitative estimate of drug-likeness (QED) is 0.475. The summed E-state index contributed by atoms with van der Waals surface area (Å²) in [5, 5.41) is 18.8. The zero-order chi connectivity index (χ0) is 18.4. The van der Waals surface area contributed by atoms with Crippen LogP contribution < -0.4 is 10.6 Å². The molecule has 0 spiro atoms. The van der Waals surface area contributed by atoms with Gasteiger partial charge < -0.3 is 15.7 Å². The van der Waals surface area contributed by atoms with E-state index in [-0.39, 0.29) is 23.0 Å². The molecule has 26 heavy (non-hydrogen) atoms. The Kier molecular flexibility index (Phi) is 5.46. The molecule has 3 aromatic rings. The van der Waals surface area contributed by atoms with E-state index in [0.29, 0.717) is 5.56 Å². The van der Waals surface area contributed by atoms with Gasteiger partial charge in [-0.15, -0.1) is 0 Å². The highest BCUT2D eigenvalue weighted by molar-refractivity contribution is 7.08. The second-order valence-electron chi connectivity index (χ2n) is 5.41. The second kappa shape index (κ2) is 8.13. The fourth-order valence-electron chi connectivity index (χ4n) is 2.24. The number of nitrogens with one attached hydrogen (secondary N) is 2. The summed E-state index contributed by atoms with van der Waals surface area (Å²) in [5.41, 5.74) is 1.59. The van der Waals surface area contributed by atoms with E-state index in [4.69, 9.17) is 0 Å². The number of carbonyl (C=O) groups excluding carboxylic acids is 2. The summed E-state index contributed by atoms with van der Waals surface area (Å²) >= 11 is 1.49. The maximum Gasteiger partial charge on any atom is 0.272 e. The highest BCUT2D eigenvalue weighted by Crippen LogP contribution is 2.22. The molecule has 130 valence electrons. The Hall–Kier alpha value is -3.38. The fourth-order valence-corrected chi connectivity index (χ4v) is 2.85. The van der Waals surface area contributed by atoms with Crippen molar-refractivity contribution in [2.45, 2.75) is 0 Å². The number of phenols is 1. The summed E-state index contributed by atoms with van der Waals surface area (Å²) in [6, 6.07) is 16.9. The number of amides is 2. The van der Waals surface area contributed by atoms with Crippen molar-refractivity contribution in [3.05, 3.63) is 88.2 Å². The van der Waals surface area contributed by atoms with E-state index in [1.807, 2.05) is 22.9 Å². The maximum absolute atomic E-state index is 12.7. The van der Waals surface area contributed by atoms with E-state index >= 15 is 0 Å². The summed E-state index contributed by atoms with van der Waals surface area (Å²) in [5.74, 6) is -0.966. The zero-order valence-corrected chi connectivity index (χ0v) is 14.5. The molecule has 1 heterocycles. The first-order chi connectivity index (χ1) is 12.6. The molecule has 0 aliphatic rings. The SMILES string of the molecule is O=C(Nc1ccccc1O)C(=Cc1ccsc1)NC(=O)c1ccccc1. The van der Waals surface area contributed by atoms with Crippen LogP contribution in [0.4, 0.5) is 5.69 Å². The largest absolute Gasteiger partial charge is 0.506 e. The standard InChI is InChI=1S/C20H16N2O3S/c23-18-9-5-4-8-16(18)21-20(25)17(12-14-10-11-26-13-14)22-19(24)15-6-2-1-3-7-15/h1-13,23H,(H,21,25)(H,22,24). The van der Waals surface area contributed by atoms with Crippen LogP contribution in [0, 0.1) is 0 Å². The smallest absolute Gasteiger partial charge is 0.272 e. The Morgan fingerprint density at radius 3 is 2.38 bits per heavy atom. The van der Waals surface area contributed by atoms with Gasteiger partial charge in [-0.3, -0.25) is 9.59 Å². The molecule has 0 atom stereocenters. The van der Waals surface area contributed by atoms with Gasteiger partial charge in [0, 0.05) is 5.56 Å². The van der Waals surface area contributed by atoms with Gasteiger partial charge in [0.05, 0.1) is 5.69 Å². The minimum Gasteiger partial charge on any atom is -0.506 e. The van der Waals surface area contributed by atoms with Crippen LogP contribution in [0.1, 0.15) is 15.9 Å². The van der Waals surface area contributed by atoms with Gasteiger partial charge in [0.25, 0.3) is 11.8 Å². The molecule has 1 aromatic heterocycles. The van der Waals surface area contributed by atoms with Gasteiger partial charge in [-0.25, -0.2) is 0 Å². The Morgan fingerprint density at radius 1 is 0.962 bits per heavy atom. The number of phenolic OH excluding ortho intramolecular Hbond substituents is 1. The first-order valence-corrected chi connectivity index (χ1v) is 8.77. The van der Waals surface area contributed by atoms with Crippen molar-refractivity contribution in [2.24, 2.45) is 0 Å². The van der Waals surface area contributed by atoms with Crippen molar-refractivity contribution in [3.63, 3.8) is 0 Å². The molecule has 0 saturated heterocycles. The molecule has 2 amide bonds. The van der Waals surface area contributed by atoms with E-state index in [0.717, 1.165) is 5.56 Å². The average molecular weight is 364 g/mol. The molecule has 5 nitrogen and oxygen atoms in total. The van der Waals surface area contributed by atoms with Crippen molar-refractivity contribution < 1.29 is 14.7 Å². The molecule has 0 radical (unpaired) electrons. The molecular weight excluding hydrogens is 348 g/mol. The molecule has 2 aromatic carbocycles. The highest BCUT2D eigenvalue weighted by atomic mass is 32.1. The third-order valence-corrected chi connectivity index (χ3v) is 4.24. The van der Waals surface area contributed by atoms with Crippen molar-refractivity contribution in [1.29, 1.82) is 0 Å². The Labute approximate surface area is 154 Å². The van der Waals surface area contributed by atoms with E-state index in [2.05, 4.69) is 10.6 Å². The first-order valence-electron chi connectivity index (χ1n) is 7.83. The van der Waals surface area contributed by atoms with Crippen LogP contribution in [0.15, 0.2) is 77.1 Å². The molecule has 3 rings (SSSR count). The molecule has 0 aliphatic heterocycles. The fraction of sp³-hybridized carbons (Fsp3) is 0. The van der Waals surface area contributed by atoms with Crippen LogP contribution >= 0.6 is 11.3 Å². The minimum atomic E-state index is -0.526. The number of anilines is 1. The molecule has 0 aliphatic carbocycles. The number of hydrogen-bond donors (Lipinski definition) is 3. The van der Waals surface area contributed by atoms with Crippen LogP contribution in [0.2, 0.25) is 0 Å². The van der Waals surface area contributed by atoms with Gasteiger partial charge in [0.2, 0.25) is 0 Å². The predicted molar refractivity (Wildman–Crippen MR) is 103 cm³/mol. The summed E-state index contributed by atoms with van der Waals surface area (Å²) in [7, 11) is 0. The lowest BCUT2D eigenvalue weighted by molar-refractivity contribution is -0.113. The zero-order valence-electron chi connectivity index (χ0n) is 13.7. The average Bonchev–Trinajstić information content (AvgIpc) is 3.17. The maximum atomic E-state index is 12.7. The van der Waals surface area contributed by atoms with E-state index in [1.54, 1.807) is 48.5 Å². The summed E-state index contributed by atoms with van der Waals surface area (Å²) < 4.78 is 0. The number of hydrogen-bond acceptors (Lipinski definition) is 4. The number of para-hydroxylation sites is 2. The predicted octanol–water partition coefficient (Wildman–Crippen LogP) is 3.86. The van der Waals surface area contributed by atoms with E-state index in [9.17, 15) is 14.7 Å². The van der Waals surface area contributed by atoms with Crippen LogP contribution in [0.3, 0.4) is 0 Å². The van der Waals surface area contributed by atoms with Gasteiger partial charge in [0.1, 0.15) is 11.4 Å². The van der Waals surface area contributed by atoms with Gasteiger partial charge in [0.15, 0.2) is 0 Å². The van der Waals surface area contributed by atoms with Crippen molar-refractivity contribution in [1.82, 2.24) is 5.32 Å². The van der Waals surface area contributed by atoms with Crippen molar-refractivity contribution in [3.8, 4) is 5.75 Å². The third kappa shape index (κ3) is 4.37. The lowest BCUT2D eigenvalue weighted by Crippen LogP contribution is -2.30. The Morgan fingerprint density at radius 2 is 1.69 bits per heavy atom. The second-order valence-corrected chi connectivity index (χ2v) is 6.19. The monoisotopic (exact) mass is 364 g/mol. The Balaban J connectivity index is 1.85. The number of aromatic hydroxyl groups is 1. The van der Waals surface area contributed by atoms with E-state index in [1.165, 1.54) is 17.4 Å². The number of thiophene rings is 1. The molecule has 0 fully saturated rings. The van der Waals surface area contributed by atoms with Crippen molar-refractivity contribution in [2.75, 3.05) is 5.32 Å². The van der Waals surface area contributed by atoms with E-state index < -0.39 is 5.91 Å². The molecule has 0 saturated carbocycles. The third-order valence-electron chi connectivity index (χ3n) is 3.54. The van der Waals surface area contributed by atoms with Crippen LogP contribution in [0.25, 0.3) is 6.08 Å². The lowest BCUT2D eigenvalue weighted by atomic mass is 10.2. The molecule has 6 heteroatoms. The van der Waals surface area contributed by atoms with Gasteiger partial charge in [-0.05, 0) is 52.7 Å². The number of carbonyl (C=O) groups is 2. The lowest BCUT2D eigenvalue weighted by Gasteiger charge is -2.12.